The van der Waals surface area contributed by atoms with Crippen molar-refractivity contribution < 1.29 is 14.3 Å². The number of hydrazine groups is 1. The van der Waals surface area contributed by atoms with Gasteiger partial charge in [0.05, 0.1) is 10.8 Å². The highest BCUT2D eigenvalue weighted by Crippen LogP contribution is 2.39. The van der Waals surface area contributed by atoms with E-state index in [0.29, 0.717) is 33.4 Å². The number of carbonyl (C=O) groups is 2. The number of hydrogen-bond donors (Lipinski definition) is 2. The summed E-state index contributed by atoms with van der Waals surface area (Å²) < 4.78 is 8.68. The molecule has 0 aliphatic heterocycles. The second-order valence-corrected chi connectivity index (χ2v) is 9.28. The standard InChI is InChI=1S/C21H19BrClN5O3S/c22-14-7-5-13(6-8-14)20(30)26-25-19(29)12-32-21-27-24-18(28(21)15-9-10-15)11-31-17-4-2-1-3-16(17)23/h1-8,15H,9-12H2,(H,25,29)(H,26,30). The third kappa shape index (κ3) is 5.81. The molecule has 2 aromatic carbocycles. The minimum Gasteiger partial charge on any atom is -0.484 e. The number of hydrogen-bond acceptors (Lipinski definition) is 6. The molecular weight excluding hydrogens is 518 g/mol. The van der Waals surface area contributed by atoms with Crippen molar-refractivity contribution in [3.63, 3.8) is 0 Å². The van der Waals surface area contributed by atoms with Gasteiger partial charge < -0.3 is 4.74 Å². The second-order valence-electron chi connectivity index (χ2n) is 7.02. The predicted molar refractivity (Wildman–Crippen MR) is 125 cm³/mol. The molecule has 1 fully saturated rings. The summed E-state index contributed by atoms with van der Waals surface area (Å²) in [6.45, 7) is 0.225. The molecule has 0 atom stereocenters. The fourth-order valence-corrected chi connectivity index (χ4v) is 4.15. The van der Waals surface area contributed by atoms with E-state index >= 15 is 0 Å². The Balaban J connectivity index is 1.31. The van der Waals surface area contributed by atoms with Gasteiger partial charge in [-0.25, -0.2) is 0 Å². The van der Waals surface area contributed by atoms with Gasteiger partial charge >= 0.3 is 0 Å². The maximum atomic E-state index is 12.2. The van der Waals surface area contributed by atoms with Crippen LogP contribution in [0.5, 0.6) is 5.75 Å². The largest absolute Gasteiger partial charge is 0.484 e. The molecule has 0 spiro atoms. The van der Waals surface area contributed by atoms with Gasteiger partial charge in [0.1, 0.15) is 12.4 Å². The highest BCUT2D eigenvalue weighted by molar-refractivity contribution is 9.10. The van der Waals surface area contributed by atoms with Crippen molar-refractivity contribution >= 4 is 51.1 Å². The van der Waals surface area contributed by atoms with Crippen LogP contribution < -0.4 is 15.6 Å². The van der Waals surface area contributed by atoms with E-state index in [4.69, 9.17) is 16.3 Å². The van der Waals surface area contributed by atoms with E-state index < -0.39 is 5.91 Å². The number of halogens is 2. The van der Waals surface area contributed by atoms with Gasteiger partial charge in [0.2, 0.25) is 5.91 Å². The molecule has 1 aliphatic carbocycles. The van der Waals surface area contributed by atoms with Crippen molar-refractivity contribution in [2.45, 2.75) is 30.6 Å². The van der Waals surface area contributed by atoms with Crippen LogP contribution in [0.3, 0.4) is 0 Å². The fourth-order valence-electron chi connectivity index (χ4n) is 2.87. The van der Waals surface area contributed by atoms with E-state index in [0.717, 1.165) is 17.3 Å². The Bertz CT molecular complexity index is 1120. The van der Waals surface area contributed by atoms with Crippen molar-refractivity contribution in [1.29, 1.82) is 0 Å². The van der Waals surface area contributed by atoms with Crippen LogP contribution in [0, 0.1) is 0 Å². The molecule has 0 saturated heterocycles. The number of nitrogens with zero attached hydrogens (tertiary/aromatic N) is 3. The SMILES string of the molecule is O=C(CSc1nnc(COc2ccccc2Cl)n1C1CC1)NNC(=O)c1ccc(Br)cc1. The van der Waals surface area contributed by atoms with Crippen molar-refractivity contribution in [3.8, 4) is 5.75 Å². The molecule has 2 amide bonds. The smallest absolute Gasteiger partial charge is 0.269 e. The molecule has 166 valence electrons. The summed E-state index contributed by atoms with van der Waals surface area (Å²) in [6, 6.07) is 14.4. The molecule has 8 nitrogen and oxygen atoms in total. The van der Waals surface area contributed by atoms with Crippen LogP contribution in [-0.4, -0.2) is 32.3 Å². The molecule has 11 heteroatoms. The van der Waals surface area contributed by atoms with Gasteiger partial charge in [-0.1, -0.05) is 51.4 Å². The second kappa shape index (κ2) is 10.4. The molecule has 0 unspecified atom stereocenters. The number of amides is 2. The van der Waals surface area contributed by atoms with Gasteiger partial charge in [-0.05, 0) is 49.2 Å². The monoisotopic (exact) mass is 535 g/mol. The molecule has 0 bridgehead atoms. The molecule has 1 aromatic heterocycles. The number of benzene rings is 2. The third-order valence-electron chi connectivity index (χ3n) is 4.59. The fraction of sp³-hybridized carbons (Fsp3) is 0.238. The van der Waals surface area contributed by atoms with Crippen LogP contribution in [0.2, 0.25) is 5.02 Å². The number of ether oxygens (including phenoxy) is 1. The van der Waals surface area contributed by atoms with Crippen LogP contribution in [-0.2, 0) is 11.4 Å². The molecule has 3 aromatic rings. The summed E-state index contributed by atoms with van der Waals surface area (Å²) in [6.07, 6.45) is 2.06. The lowest BCUT2D eigenvalue weighted by Crippen LogP contribution is -2.42. The summed E-state index contributed by atoms with van der Waals surface area (Å²) in [7, 11) is 0. The first-order valence-electron chi connectivity index (χ1n) is 9.80. The van der Waals surface area contributed by atoms with E-state index in [9.17, 15) is 9.59 Å². The first-order valence-corrected chi connectivity index (χ1v) is 12.0. The van der Waals surface area contributed by atoms with Gasteiger partial charge in [-0.15, -0.1) is 10.2 Å². The highest BCUT2D eigenvalue weighted by atomic mass is 79.9. The quantitative estimate of drug-likeness (QED) is 0.331. The summed E-state index contributed by atoms with van der Waals surface area (Å²) in [5.74, 6) is 0.598. The van der Waals surface area contributed by atoms with E-state index in [1.165, 1.54) is 11.8 Å². The average Bonchev–Trinajstić information content (AvgIpc) is 3.55. The third-order valence-corrected chi connectivity index (χ3v) is 6.38. The summed E-state index contributed by atoms with van der Waals surface area (Å²) in [4.78, 5) is 24.3. The van der Waals surface area contributed by atoms with Gasteiger partial charge in [0.15, 0.2) is 11.0 Å². The van der Waals surface area contributed by atoms with E-state index in [1.54, 1.807) is 36.4 Å². The summed E-state index contributed by atoms with van der Waals surface area (Å²) in [5, 5.41) is 9.63. The number of aromatic nitrogens is 3. The molecule has 0 radical (unpaired) electrons. The van der Waals surface area contributed by atoms with Gasteiger partial charge in [0.25, 0.3) is 5.91 Å². The van der Waals surface area contributed by atoms with E-state index in [2.05, 4.69) is 37.0 Å². The zero-order chi connectivity index (χ0) is 22.5. The van der Waals surface area contributed by atoms with Crippen LogP contribution in [0.15, 0.2) is 58.2 Å². The zero-order valence-corrected chi connectivity index (χ0v) is 19.9. The lowest BCUT2D eigenvalue weighted by molar-refractivity contribution is -0.119. The van der Waals surface area contributed by atoms with Crippen LogP contribution in [0.25, 0.3) is 0 Å². The van der Waals surface area contributed by atoms with Crippen LogP contribution >= 0.6 is 39.3 Å². The Morgan fingerprint density at radius 1 is 1.12 bits per heavy atom. The van der Waals surface area contributed by atoms with Crippen molar-refractivity contribution in [3.05, 3.63) is 69.4 Å². The maximum absolute atomic E-state index is 12.2. The summed E-state index contributed by atoms with van der Waals surface area (Å²) >= 11 is 10.7. The number of rotatable bonds is 8. The lowest BCUT2D eigenvalue weighted by atomic mass is 10.2. The number of nitrogens with one attached hydrogen (secondary N) is 2. The lowest BCUT2D eigenvalue weighted by Gasteiger charge is -2.11. The van der Waals surface area contributed by atoms with Crippen molar-refractivity contribution in [2.75, 3.05) is 5.75 Å². The topological polar surface area (TPSA) is 98.1 Å². The molecule has 1 heterocycles. The van der Waals surface area contributed by atoms with E-state index in [1.807, 2.05) is 16.7 Å². The average molecular weight is 537 g/mol. The minimum absolute atomic E-state index is 0.0802. The predicted octanol–water partition coefficient (Wildman–Crippen LogP) is 4.16. The normalized spacial score (nSPS) is 12.9. The Labute approximate surface area is 202 Å². The Morgan fingerprint density at radius 3 is 2.59 bits per heavy atom. The molecule has 32 heavy (non-hydrogen) atoms. The van der Waals surface area contributed by atoms with Crippen molar-refractivity contribution in [1.82, 2.24) is 25.6 Å². The Kier molecular flexibility index (Phi) is 7.33. The first kappa shape index (κ1) is 22.6. The van der Waals surface area contributed by atoms with Gasteiger partial charge in [-0.2, -0.15) is 0 Å². The Morgan fingerprint density at radius 2 is 1.88 bits per heavy atom. The highest BCUT2D eigenvalue weighted by Gasteiger charge is 2.30. The molecule has 1 saturated carbocycles. The van der Waals surface area contributed by atoms with Crippen LogP contribution in [0.1, 0.15) is 35.1 Å². The minimum atomic E-state index is -0.393. The Hall–Kier alpha value is -2.56. The number of carbonyl (C=O) groups excluding carboxylic acids is 2. The van der Waals surface area contributed by atoms with Gasteiger partial charge in [0, 0.05) is 16.1 Å². The molecule has 4 rings (SSSR count). The number of para-hydroxylation sites is 1. The molecule has 2 N–H and O–H groups in total. The number of thioether (sulfide) groups is 1. The van der Waals surface area contributed by atoms with E-state index in [-0.39, 0.29) is 18.3 Å². The maximum Gasteiger partial charge on any atom is 0.269 e. The summed E-state index contributed by atoms with van der Waals surface area (Å²) in [5.41, 5.74) is 5.28. The van der Waals surface area contributed by atoms with Crippen molar-refractivity contribution in [2.24, 2.45) is 0 Å². The first-order chi connectivity index (χ1) is 15.5. The van der Waals surface area contributed by atoms with Gasteiger partial charge in [-0.3, -0.25) is 25.0 Å². The van der Waals surface area contributed by atoms with Crippen LogP contribution in [0.4, 0.5) is 0 Å². The molecular formula is C21H19BrClN5O3S. The molecule has 1 aliphatic rings. The zero-order valence-electron chi connectivity index (χ0n) is 16.8.